The summed E-state index contributed by atoms with van der Waals surface area (Å²) >= 11 is 3.42. The molecule has 2 rings (SSSR count). The van der Waals surface area contributed by atoms with Gasteiger partial charge in [-0.3, -0.25) is 14.5 Å². The van der Waals surface area contributed by atoms with Gasteiger partial charge in [-0.1, -0.05) is 15.9 Å². The van der Waals surface area contributed by atoms with Crippen LogP contribution in [-0.2, 0) is 9.53 Å². The molecule has 1 aromatic carbocycles. The van der Waals surface area contributed by atoms with Crippen LogP contribution in [0.3, 0.4) is 0 Å². The smallest absolute Gasteiger partial charge is 0.319 e. The lowest BCUT2D eigenvalue weighted by atomic mass is 10.1. The molecular formula is C15H19BrN2O3. The Morgan fingerprint density at radius 1 is 1.19 bits per heavy atom. The molecule has 1 aromatic rings. The maximum absolute atomic E-state index is 12.5. The number of rotatable bonds is 3. The van der Waals surface area contributed by atoms with E-state index in [0.29, 0.717) is 31.7 Å². The second kappa shape index (κ2) is 7.04. The molecule has 0 aromatic heterocycles. The van der Waals surface area contributed by atoms with E-state index >= 15 is 0 Å². The largest absolute Gasteiger partial charge is 0.468 e. The molecule has 0 unspecified atom stereocenters. The Morgan fingerprint density at radius 3 is 2.43 bits per heavy atom. The van der Waals surface area contributed by atoms with Crippen molar-refractivity contribution in [1.82, 2.24) is 9.80 Å². The highest BCUT2D eigenvalue weighted by atomic mass is 79.9. The summed E-state index contributed by atoms with van der Waals surface area (Å²) in [5, 5.41) is 0. The minimum atomic E-state index is -0.239. The molecule has 0 saturated carbocycles. The number of amides is 1. The molecule has 1 aliphatic heterocycles. The average Bonchev–Trinajstić information content (AvgIpc) is 2.46. The number of methoxy groups -OCH3 is 1. The summed E-state index contributed by atoms with van der Waals surface area (Å²) in [5.41, 5.74) is 1.75. The van der Waals surface area contributed by atoms with Crippen molar-refractivity contribution in [2.75, 3.05) is 39.8 Å². The Hall–Kier alpha value is -1.40. The van der Waals surface area contributed by atoms with Crippen molar-refractivity contribution < 1.29 is 14.3 Å². The summed E-state index contributed by atoms with van der Waals surface area (Å²) in [6.45, 7) is 4.88. The average molecular weight is 355 g/mol. The van der Waals surface area contributed by atoms with Gasteiger partial charge >= 0.3 is 5.97 Å². The van der Waals surface area contributed by atoms with E-state index in [1.165, 1.54) is 7.11 Å². The first kappa shape index (κ1) is 16.0. The van der Waals surface area contributed by atoms with Crippen LogP contribution in [-0.4, -0.2) is 61.5 Å². The predicted octanol–water partition coefficient (Wildman–Crippen LogP) is 1.69. The number of carbonyl (C=O) groups is 2. The van der Waals surface area contributed by atoms with Gasteiger partial charge < -0.3 is 9.64 Å². The van der Waals surface area contributed by atoms with Crippen molar-refractivity contribution in [2.24, 2.45) is 0 Å². The summed E-state index contributed by atoms with van der Waals surface area (Å²) < 4.78 is 5.57. The molecular weight excluding hydrogens is 336 g/mol. The number of aryl methyl sites for hydroxylation is 1. The Morgan fingerprint density at radius 2 is 1.86 bits per heavy atom. The topological polar surface area (TPSA) is 49.9 Å². The van der Waals surface area contributed by atoms with Crippen LogP contribution in [0.25, 0.3) is 0 Å². The Labute approximate surface area is 133 Å². The highest BCUT2D eigenvalue weighted by molar-refractivity contribution is 9.10. The highest BCUT2D eigenvalue weighted by Gasteiger charge is 2.23. The van der Waals surface area contributed by atoms with Gasteiger partial charge in [0, 0.05) is 36.2 Å². The van der Waals surface area contributed by atoms with Crippen LogP contribution in [0.1, 0.15) is 15.9 Å². The van der Waals surface area contributed by atoms with Crippen molar-refractivity contribution in [3.8, 4) is 0 Å². The van der Waals surface area contributed by atoms with Crippen LogP contribution in [0, 0.1) is 6.92 Å². The number of piperazine rings is 1. The second-order valence-electron chi connectivity index (χ2n) is 5.16. The molecule has 1 aliphatic rings. The lowest BCUT2D eigenvalue weighted by molar-refractivity contribution is -0.142. The van der Waals surface area contributed by atoms with Crippen LogP contribution in [0.2, 0.25) is 0 Å². The molecule has 1 saturated heterocycles. The zero-order valence-electron chi connectivity index (χ0n) is 12.3. The summed E-state index contributed by atoms with van der Waals surface area (Å²) in [4.78, 5) is 27.6. The van der Waals surface area contributed by atoms with Crippen molar-refractivity contribution in [2.45, 2.75) is 6.92 Å². The van der Waals surface area contributed by atoms with E-state index in [9.17, 15) is 9.59 Å². The van der Waals surface area contributed by atoms with Gasteiger partial charge in [0.05, 0.1) is 13.7 Å². The third-order valence-electron chi connectivity index (χ3n) is 3.53. The van der Waals surface area contributed by atoms with E-state index in [1.807, 2.05) is 34.9 Å². The summed E-state index contributed by atoms with van der Waals surface area (Å²) in [5.74, 6) is -0.200. The van der Waals surface area contributed by atoms with E-state index in [-0.39, 0.29) is 18.4 Å². The van der Waals surface area contributed by atoms with Gasteiger partial charge in [-0.15, -0.1) is 0 Å². The van der Waals surface area contributed by atoms with Crippen molar-refractivity contribution >= 4 is 27.8 Å². The number of esters is 1. The van der Waals surface area contributed by atoms with Crippen molar-refractivity contribution in [3.05, 3.63) is 33.8 Å². The van der Waals surface area contributed by atoms with E-state index < -0.39 is 0 Å². The number of benzene rings is 1. The molecule has 5 nitrogen and oxygen atoms in total. The molecule has 0 aliphatic carbocycles. The summed E-state index contributed by atoms with van der Waals surface area (Å²) in [6, 6.07) is 5.72. The lowest BCUT2D eigenvalue weighted by Crippen LogP contribution is -2.50. The molecule has 1 amide bonds. The monoisotopic (exact) mass is 354 g/mol. The first-order valence-corrected chi connectivity index (χ1v) is 7.64. The maximum atomic E-state index is 12.5. The predicted molar refractivity (Wildman–Crippen MR) is 83.2 cm³/mol. The first-order chi connectivity index (χ1) is 9.99. The molecule has 1 fully saturated rings. The molecule has 0 bridgehead atoms. The van der Waals surface area contributed by atoms with Crippen LogP contribution < -0.4 is 0 Å². The molecule has 0 radical (unpaired) electrons. The minimum absolute atomic E-state index is 0.0390. The number of carbonyl (C=O) groups excluding carboxylic acids is 2. The van der Waals surface area contributed by atoms with E-state index in [4.69, 9.17) is 0 Å². The lowest BCUT2D eigenvalue weighted by Gasteiger charge is -2.34. The normalized spacial score (nSPS) is 15.9. The van der Waals surface area contributed by atoms with Crippen molar-refractivity contribution in [1.29, 1.82) is 0 Å². The fourth-order valence-corrected chi connectivity index (χ4v) is 3.01. The first-order valence-electron chi connectivity index (χ1n) is 6.85. The number of halogens is 1. The van der Waals surface area contributed by atoms with Crippen LogP contribution in [0.5, 0.6) is 0 Å². The van der Waals surface area contributed by atoms with E-state index in [1.54, 1.807) is 0 Å². The Balaban J connectivity index is 1.95. The molecule has 0 spiro atoms. The number of nitrogens with zero attached hydrogens (tertiary/aromatic N) is 2. The van der Waals surface area contributed by atoms with Gasteiger partial charge in [0.2, 0.25) is 0 Å². The van der Waals surface area contributed by atoms with Crippen LogP contribution >= 0.6 is 15.9 Å². The van der Waals surface area contributed by atoms with E-state index in [0.717, 1.165) is 10.0 Å². The molecule has 0 atom stereocenters. The van der Waals surface area contributed by atoms with Gasteiger partial charge in [-0.25, -0.2) is 0 Å². The zero-order valence-corrected chi connectivity index (χ0v) is 13.9. The van der Waals surface area contributed by atoms with Crippen LogP contribution in [0.15, 0.2) is 22.7 Å². The highest BCUT2D eigenvalue weighted by Crippen LogP contribution is 2.17. The molecule has 114 valence electrons. The third kappa shape index (κ3) is 4.28. The van der Waals surface area contributed by atoms with Gasteiger partial charge in [0.1, 0.15) is 0 Å². The number of hydrogen-bond acceptors (Lipinski definition) is 4. The zero-order chi connectivity index (χ0) is 15.4. The molecule has 6 heteroatoms. The third-order valence-corrected chi connectivity index (χ3v) is 3.99. The molecule has 0 N–H and O–H groups in total. The van der Waals surface area contributed by atoms with Gasteiger partial charge in [-0.2, -0.15) is 0 Å². The fourth-order valence-electron chi connectivity index (χ4n) is 2.40. The van der Waals surface area contributed by atoms with E-state index in [2.05, 4.69) is 20.7 Å². The quantitative estimate of drug-likeness (QED) is 0.775. The fraction of sp³-hybridized carbons (Fsp3) is 0.467. The van der Waals surface area contributed by atoms with Gasteiger partial charge in [0.25, 0.3) is 5.91 Å². The molecule has 21 heavy (non-hydrogen) atoms. The SMILES string of the molecule is COC(=O)CN1CCN(C(=O)c2cc(C)cc(Br)c2)CC1. The van der Waals surface area contributed by atoms with Crippen LogP contribution in [0.4, 0.5) is 0 Å². The van der Waals surface area contributed by atoms with Gasteiger partial charge in [-0.05, 0) is 30.7 Å². The Bertz CT molecular complexity index is 519. The standard InChI is InChI=1S/C15H19BrN2O3/c1-11-7-12(9-13(16)8-11)15(20)18-5-3-17(4-6-18)10-14(19)21-2/h7-9H,3-6,10H2,1-2H3. The minimum Gasteiger partial charge on any atom is -0.468 e. The van der Waals surface area contributed by atoms with Crippen molar-refractivity contribution in [3.63, 3.8) is 0 Å². The number of ether oxygens (including phenoxy) is 1. The molecule has 1 heterocycles. The Kier molecular flexibility index (Phi) is 5.36. The second-order valence-corrected chi connectivity index (χ2v) is 6.08. The summed E-state index contributed by atoms with van der Waals surface area (Å²) in [6.07, 6.45) is 0. The summed E-state index contributed by atoms with van der Waals surface area (Å²) in [7, 11) is 1.39. The van der Waals surface area contributed by atoms with Gasteiger partial charge in [0.15, 0.2) is 0 Å². The maximum Gasteiger partial charge on any atom is 0.319 e. The number of hydrogen-bond donors (Lipinski definition) is 0.